The average Bonchev–Trinajstić information content (AvgIpc) is 2.47. The van der Waals surface area contributed by atoms with Crippen molar-refractivity contribution >= 4 is 17.6 Å². The van der Waals surface area contributed by atoms with Gasteiger partial charge in [0.25, 0.3) is 5.91 Å². The van der Waals surface area contributed by atoms with Crippen molar-refractivity contribution in [3.63, 3.8) is 0 Å². The lowest BCUT2D eigenvalue weighted by Crippen LogP contribution is -2.13. The van der Waals surface area contributed by atoms with Gasteiger partial charge in [-0.15, -0.1) is 0 Å². The van der Waals surface area contributed by atoms with Crippen LogP contribution in [0, 0.1) is 0 Å². The Morgan fingerprint density at radius 1 is 1.25 bits per heavy atom. The summed E-state index contributed by atoms with van der Waals surface area (Å²) in [4.78, 5) is 30.3. The molecule has 0 unspecified atom stereocenters. The molecule has 0 radical (unpaired) electrons. The fourth-order valence-corrected chi connectivity index (χ4v) is 1.46. The molecule has 0 aliphatic carbocycles. The predicted octanol–water partition coefficient (Wildman–Crippen LogP) is 1.44. The molecule has 0 saturated heterocycles. The van der Waals surface area contributed by atoms with Crippen molar-refractivity contribution in [1.29, 1.82) is 0 Å². The molecule has 2 heterocycles. The molecule has 7 heteroatoms. The largest absolute Gasteiger partial charge is 0.481 e. The minimum Gasteiger partial charge on any atom is -0.481 e. The minimum atomic E-state index is -1.16. The van der Waals surface area contributed by atoms with Gasteiger partial charge in [0, 0.05) is 24.1 Å². The number of carbonyl (C=O) groups excluding carboxylic acids is 1. The molecule has 0 aliphatic rings. The molecule has 0 bridgehead atoms. The van der Waals surface area contributed by atoms with Crippen LogP contribution >= 0.6 is 0 Å². The third-order valence-electron chi connectivity index (χ3n) is 2.44. The molecule has 2 rings (SSSR count). The smallest absolute Gasteiger partial charge is 0.354 e. The zero-order valence-corrected chi connectivity index (χ0v) is 10.5. The molecular formula is C13H11N3O4. The van der Waals surface area contributed by atoms with E-state index in [-0.39, 0.29) is 5.69 Å². The van der Waals surface area contributed by atoms with Gasteiger partial charge in [-0.3, -0.25) is 4.79 Å². The van der Waals surface area contributed by atoms with Crippen molar-refractivity contribution < 1.29 is 19.4 Å². The SMILES string of the molecule is COc1ccc(C(=O)Nc2ccnc(C(=O)O)c2)cn1. The van der Waals surface area contributed by atoms with E-state index in [0.717, 1.165) is 0 Å². The number of pyridine rings is 2. The van der Waals surface area contributed by atoms with E-state index in [9.17, 15) is 9.59 Å². The van der Waals surface area contributed by atoms with Gasteiger partial charge in [0.1, 0.15) is 5.69 Å². The second-order valence-corrected chi connectivity index (χ2v) is 3.78. The van der Waals surface area contributed by atoms with Gasteiger partial charge in [0.05, 0.1) is 12.7 Å². The van der Waals surface area contributed by atoms with Crippen molar-refractivity contribution in [2.75, 3.05) is 12.4 Å². The molecule has 0 aromatic carbocycles. The highest BCUT2D eigenvalue weighted by Gasteiger charge is 2.09. The molecular weight excluding hydrogens is 262 g/mol. The van der Waals surface area contributed by atoms with E-state index in [0.29, 0.717) is 17.1 Å². The molecule has 2 aromatic rings. The van der Waals surface area contributed by atoms with Crippen LogP contribution in [0.5, 0.6) is 5.88 Å². The maximum atomic E-state index is 11.9. The molecule has 0 fully saturated rings. The summed E-state index contributed by atoms with van der Waals surface area (Å²) in [5.74, 6) is -1.16. The third-order valence-corrected chi connectivity index (χ3v) is 2.44. The van der Waals surface area contributed by atoms with Crippen LogP contribution in [0.15, 0.2) is 36.7 Å². The lowest BCUT2D eigenvalue weighted by molar-refractivity contribution is 0.0690. The number of methoxy groups -OCH3 is 1. The first-order valence-corrected chi connectivity index (χ1v) is 5.61. The van der Waals surface area contributed by atoms with Gasteiger partial charge in [0.2, 0.25) is 5.88 Å². The molecule has 0 aliphatic heterocycles. The number of anilines is 1. The quantitative estimate of drug-likeness (QED) is 0.873. The molecule has 0 spiro atoms. The first-order chi connectivity index (χ1) is 9.60. The molecule has 20 heavy (non-hydrogen) atoms. The Hall–Kier alpha value is -2.96. The Bertz CT molecular complexity index is 640. The minimum absolute atomic E-state index is 0.143. The first kappa shape index (κ1) is 13.5. The van der Waals surface area contributed by atoms with Crippen molar-refractivity contribution in [2.24, 2.45) is 0 Å². The van der Waals surface area contributed by atoms with Crippen molar-refractivity contribution in [3.05, 3.63) is 47.9 Å². The van der Waals surface area contributed by atoms with Gasteiger partial charge in [0.15, 0.2) is 0 Å². The number of hydrogen-bond donors (Lipinski definition) is 2. The Kier molecular flexibility index (Phi) is 3.90. The summed E-state index contributed by atoms with van der Waals surface area (Å²) in [6.45, 7) is 0. The van der Waals surface area contributed by atoms with E-state index in [1.807, 2.05) is 0 Å². The second-order valence-electron chi connectivity index (χ2n) is 3.78. The van der Waals surface area contributed by atoms with Gasteiger partial charge >= 0.3 is 5.97 Å². The summed E-state index contributed by atoms with van der Waals surface area (Å²) in [7, 11) is 1.48. The number of carboxylic acid groups (broad SMARTS) is 1. The van der Waals surface area contributed by atoms with E-state index in [1.54, 1.807) is 12.1 Å². The van der Waals surface area contributed by atoms with Crippen LogP contribution in [-0.4, -0.2) is 34.1 Å². The number of aromatic carboxylic acids is 1. The topological polar surface area (TPSA) is 101 Å². The summed E-state index contributed by atoms with van der Waals surface area (Å²) >= 11 is 0. The van der Waals surface area contributed by atoms with E-state index in [2.05, 4.69) is 15.3 Å². The summed E-state index contributed by atoms with van der Waals surface area (Å²) in [5, 5.41) is 11.4. The summed E-state index contributed by atoms with van der Waals surface area (Å²) < 4.78 is 4.89. The Labute approximate surface area is 114 Å². The lowest BCUT2D eigenvalue weighted by atomic mass is 10.2. The number of aromatic nitrogens is 2. The van der Waals surface area contributed by atoms with Crippen molar-refractivity contribution in [1.82, 2.24) is 9.97 Å². The number of nitrogens with zero attached hydrogens (tertiary/aromatic N) is 2. The van der Waals surface area contributed by atoms with Crippen LogP contribution in [0.25, 0.3) is 0 Å². The maximum absolute atomic E-state index is 11.9. The number of nitrogens with one attached hydrogen (secondary N) is 1. The monoisotopic (exact) mass is 273 g/mol. The van der Waals surface area contributed by atoms with Gasteiger partial charge in [-0.1, -0.05) is 0 Å². The molecule has 102 valence electrons. The normalized spacial score (nSPS) is 9.85. The van der Waals surface area contributed by atoms with Crippen LogP contribution in [0.1, 0.15) is 20.8 Å². The number of ether oxygens (including phenoxy) is 1. The molecule has 0 saturated carbocycles. The summed E-state index contributed by atoms with van der Waals surface area (Å²) in [5.41, 5.74) is 0.536. The fourth-order valence-electron chi connectivity index (χ4n) is 1.46. The highest BCUT2D eigenvalue weighted by molar-refractivity contribution is 6.04. The maximum Gasteiger partial charge on any atom is 0.354 e. The standard InChI is InChI=1S/C13H11N3O4/c1-20-11-3-2-8(7-15-11)12(17)16-9-4-5-14-10(6-9)13(18)19/h2-7H,1H3,(H,18,19)(H,14,16,17). The number of carboxylic acids is 1. The van der Waals surface area contributed by atoms with Crippen molar-refractivity contribution in [3.8, 4) is 5.88 Å². The molecule has 0 atom stereocenters. The van der Waals surface area contributed by atoms with Crippen LogP contribution in [0.4, 0.5) is 5.69 Å². The Morgan fingerprint density at radius 3 is 2.65 bits per heavy atom. The first-order valence-electron chi connectivity index (χ1n) is 5.61. The molecule has 7 nitrogen and oxygen atoms in total. The Balaban J connectivity index is 2.14. The van der Waals surface area contributed by atoms with Gasteiger partial charge in [-0.05, 0) is 18.2 Å². The van der Waals surface area contributed by atoms with Gasteiger partial charge in [-0.25, -0.2) is 14.8 Å². The van der Waals surface area contributed by atoms with Crippen LogP contribution in [0.2, 0.25) is 0 Å². The van der Waals surface area contributed by atoms with Crippen LogP contribution in [-0.2, 0) is 0 Å². The fraction of sp³-hybridized carbons (Fsp3) is 0.0769. The van der Waals surface area contributed by atoms with Gasteiger partial charge < -0.3 is 15.2 Å². The highest BCUT2D eigenvalue weighted by Crippen LogP contribution is 2.12. The zero-order valence-electron chi connectivity index (χ0n) is 10.5. The van der Waals surface area contributed by atoms with E-state index < -0.39 is 11.9 Å². The summed E-state index contributed by atoms with van der Waals surface area (Å²) in [6.07, 6.45) is 2.68. The number of carbonyl (C=O) groups is 2. The zero-order chi connectivity index (χ0) is 14.5. The lowest BCUT2D eigenvalue weighted by Gasteiger charge is -2.06. The summed E-state index contributed by atoms with van der Waals surface area (Å²) in [6, 6.07) is 5.89. The van der Waals surface area contributed by atoms with Crippen LogP contribution < -0.4 is 10.1 Å². The number of hydrogen-bond acceptors (Lipinski definition) is 5. The molecule has 1 amide bonds. The number of amides is 1. The van der Waals surface area contributed by atoms with E-state index in [4.69, 9.17) is 9.84 Å². The third kappa shape index (κ3) is 3.08. The van der Waals surface area contributed by atoms with Crippen LogP contribution in [0.3, 0.4) is 0 Å². The predicted molar refractivity (Wildman–Crippen MR) is 69.9 cm³/mol. The van der Waals surface area contributed by atoms with E-state index in [1.165, 1.54) is 31.6 Å². The number of rotatable bonds is 4. The highest BCUT2D eigenvalue weighted by atomic mass is 16.5. The van der Waals surface area contributed by atoms with Gasteiger partial charge in [-0.2, -0.15) is 0 Å². The van der Waals surface area contributed by atoms with E-state index >= 15 is 0 Å². The Morgan fingerprint density at radius 2 is 2.05 bits per heavy atom. The average molecular weight is 273 g/mol. The molecule has 2 N–H and O–H groups in total. The molecule has 2 aromatic heterocycles. The second kappa shape index (κ2) is 5.79. The van der Waals surface area contributed by atoms with Crippen molar-refractivity contribution in [2.45, 2.75) is 0 Å².